The Labute approximate surface area is 93.9 Å². The lowest BCUT2D eigenvalue weighted by Crippen LogP contribution is -2.52. The highest BCUT2D eigenvalue weighted by atomic mass is 16.3. The standard InChI is InChI=1S/C12H26N2O/c1-5-12(15)10-6-11(13-4)8-14(7-10)9(2)3/h9-13,15H,5-8H2,1-4H3. The van der Waals surface area contributed by atoms with E-state index in [0.29, 0.717) is 18.0 Å². The molecule has 0 aromatic carbocycles. The molecule has 15 heavy (non-hydrogen) atoms. The molecule has 0 aromatic heterocycles. The molecule has 1 aliphatic rings. The van der Waals surface area contributed by atoms with Gasteiger partial charge in [-0.25, -0.2) is 0 Å². The summed E-state index contributed by atoms with van der Waals surface area (Å²) in [5.74, 6) is 0.434. The molecule has 2 N–H and O–H groups in total. The van der Waals surface area contributed by atoms with Crippen LogP contribution in [0.3, 0.4) is 0 Å². The van der Waals surface area contributed by atoms with Gasteiger partial charge in [-0.2, -0.15) is 0 Å². The Kier molecular flexibility index (Phi) is 5.03. The normalized spacial score (nSPS) is 30.8. The molecule has 1 heterocycles. The van der Waals surface area contributed by atoms with Crippen LogP contribution in [-0.4, -0.2) is 48.3 Å². The first-order valence-corrected chi connectivity index (χ1v) is 6.17. The summed E-state index contributed by atoms with van der Waals surface area (Å²) < 4.78 is 0. The van der Waals surface area contributed by atoms with Gasteiger partial charge in [0.25, 0.3) is 0 Å². The number of rotatable bonds is 4. The van der Waals surface area contributed by atoms with E-state index in [1.54, 1.807) is 0 Å². The second kappa shape index (κ2) is 5.83. The Morgan fingerprint density at radius 3 is 2.53 bits per heavy atom. The molecule has 3 atom stereocenters. The summed E-state index contributed by atoms with van der Waals surface area (Å²) in [6.45, 7) is 8.68. The van der Waals surface area contributed by atoms with Crippen molar-refractivity contribution in [2.45, 2.75) is 51.8 Å². The molecule has 0 spiro atoms. The van der Waals surface area contributed by atoms with Crippen LogP contribution >= 0.6 is 0 Å². The largest absolute Gasteiger partial charge is 0.393 e. The van der Waals surface area contributed by atoms with Crippen LogP contribution in [0.25, 0.3) is 0 Å². The van der Waals surface area contributed by atoms with Gasteiger partial charge in [-0.15, -0.1) is 0 Å². The number of nitrogens with one attached hydrogen (secondary N) is 1. The van der Waals surface area contributed by atoms with E-state index >= 15 is 0 Å². The minimum Gasteiger partial charge on any atom is -0.393 e. The van der Waals surface area contributed by atoms with Crippen LogP contribution in [0.2, 0.25) is 0 Å². The van der Waals surface area contributed by atoms with E-state index in [9.17, 15) is 5.11 Å². The summed E-state index contributed by atoms with van der Waals surface area (Å²) in [5, 5.41) is 13.3. The molecule has 90 valence electrons. The third-order valence-corrected chi connectivity index (χ3v) is 3.61. The number of hydrogen-bond acceptors (Lipinski definition) is 3. The molecule has 1 aliphatic heterocycles. The van der Waals surface area contributed by atoms with E-state index in [-0.39, 0.29) is 6.10 Å². The predicted molar refractivity (Wildman–Crippen MR) is 64.0 cm³/mol. The summed E-state index contributed by atoms with van der Waals surface area (Å²) in [7, 11) is 2.02. The highest BCUT2D eigenvalue weighted by Gasteiger charge is 2.30. The van der Waals surface area contributed by atoms with Crippen LogP contribution in [0, 0.1) is 5.92 Å². The number of nitrogens with zero attached hydrogens (tertiary/aromatic N) is 1. The van der Waals surface area contributed by atoms with Gasteiger partial charge in [0.1, 0.15) is 0 Å². The molecule has 0 aliphatic carbocycles. The number of likely N-dealkylation sites (N-methyl/N-ethyl adjacent to an activating group) is 1. The van der Waals surface area contributed by atoms with Crippen molar-refractivity contribution in [3.8, 4) is 0 Å². The monoisotopic (exact) mass is 214 g/mol. The molecule has 3 unspecified atom stereocenters. The maximum Gasteiger partial charge on any atom is 0.0578 e. The minimum absolute atomic E-state index is 0.137. The molecule has 0 aromatic rings. The third kappa shape index (κ3) is 3.44. The van der Waals surface area contributed by atoms with E-state index in [2.05, 4.69) is 31.0 Å². The average molecular weight is 214 g/mol. The number of likely N-dealkylation sites (tertiary alicyclic amines) is 1. The summed E-state index contributed by atoms with van der Waals surface area (Å²) in [4.78, 5) is 2.47. The first-order chi connectivity index (χ1) is 7.08. The van der Waals surface area contributed by atoms with Crippen molar-refractivity contribution in [1.82, 2.24) is 10.2 Å². The average Bonchev–Trinajstić information content (AvgIpc) is 2.27. The molecule has 3 nitrogen and oxygen atoms in total. The Morgan fingerprint density at radius 2 is 2.07 bits per heavy atom. The van der Waals surface area contributed by atoms with E-state index in [4.69, 9.17) is 0 Å². The zero-order valence-corrected chi connectivity index (χ0v) is 10.5. The van der Waals surface area contributed by atoms with Crippen molar-refractivity contribution in [2.24, 2.45) is 5.92 Å². The highest BCUT2D eigenvalue weighted by molar-refractivity contribution is 4.86. The van der Waals surface area contributed by atoms with Crippen molar-refractivity contribution < 1.29 is 5.11 Å². The molecule has 0 amide bonds. The topological polar surface area (TPSA) is 35.5 Å². The first kappa shape index (κ1) is 12.9. The summed E-state index contributed by atoms with van der Waals surface area (Å²) in [6.07, 6.45) is 1.84. The van der Waals surface area contributed by atoms with Crippen LogP contribution in [-0.2, 0) is 0 Å². The summed E-state index contributed by atoms with van der Waals surface area (Å²) in [6, 6.07) is 1.11. The quantitative estimate of drug-likeness (QED) is 0.735. The van der Waals surface area contributed by atoms with Crippen LogP contribution in [0.15, 0.2) is 0 Å². The Balaban J connectivity index is 2.58. The lowest BCUT2D eigenvalue weighted by Gasteiger charge is -2.41. The van der Waals surface area contributed by atoms with Gasteiger partial charge in [0.05, 0.1) is 6.10 Å². The van der Waals surface area contributed by atoms with Gasteiger partial charge in [0.15, 0.2) is 0 Å². The molecular formula is C12H26N2O. The fraction of sp³-hybridized carbons (Fsp3) is 1.00. The zero-order valence-electron chi connectivity index (χ0n) is 10.5. The van der Waals surface area contributed by atoms with E-state index in [1.165, 1.54) is 0 Å². The van der Waals surface area contributed by atoms with Gasteiger partial charge in [0, 0.05) is 25.2 Å². The fourth-order valence-corrected chi connectivity index (χ4v) is 2.42. The molecule has 0 radical (unpaired) electrons. The third-order valence-electron chi connectivity index (χ3n) is 3.61. The van der Waals surface area contributed by atoms with Crippen molar-refractivity contribution in [3.63, 3.8) is 0 Å². The number of piperidine rings is 1. The van der Waals surface area contributed by atoms with Crippen molar-refractivity contribution >= 4 is 0 Å². The Hall–Kier alpha value is -0.120. The van der Waals surface area contributed by atoms with Gasteiger partial charge in [-0.3, -0.25) is 4.90 Å². The van der Waals surface area contributed by atoms with E-state index in [1.807, 2.05) is 7.05 Å². The maximum atomic E-state index is 9.94. The first-order valence-electron chi connectivity index (χ1n) is 6.17. The van der Waals surface area contributed by atoms with E-state index in [0.717, 1.165) is 25.9 Å². The number of hydrogen-bond donors (Lipinski definition) is 2. The highest BCUT2D eigenvalue weighted by Crippen LogP contribution is 2.23. The molecule has 1 rings (SSSR count). The second-order valence-electron chi connectivity index (χ2n) is 5.00. The lowest BCUT2D eigenvalue weighted by molar-refractivity contribution is 0.0259. The lowest BCUT2D eigenvalue weighted by atomic mass is 9.88. The minimum atomic E-state index is -0.137. The molecule has 0 saturated carbocycles. The zero-order chi connectivity index (χ0) is 11.4. The van der Waals surface area contributed by atoms with Gasteiger partial charge in [-0.05, 0) is 39.7 Å². The van der Waals surface area contributed by atoms with E-state index < -0.39 is 0 Å². The van der Waals surface area contributed by atoms with Gasteiger partial charge >= 0.3 is 0 Å². The van der Waals surface area contributed by atoms with Gasteiger partial charge in [0.2, 0.25) is 0 Å². The van der Waals surface area contributed by atoms with Crippen molar-refractivity contribution in [2.75, 3.05) is 20.1 Å². The van der Waals surface area contributed by atoms with Crippen LogP contribution in [0.4, 0.5) is 0 Å². The van der Waals surface area contributed by atoms with Crippen molar-refractivity contribution in [3.05, 3.63) is 0 Å². The van der Waals surface area contributed by atoms with Crippen LogP contribution < -0.4 is 5.32 Å². The number of aliphatic hydroxyl groups is 1. The molecule has 0 bridgehead atoms. The van der Waals surface area contributed by atoms with Gasteiger partial charge in [-0.1, -0.05) is 6.92 Å². The molecular weight excluding hydrogens is 188 g/mol. The van der Waals surface area contributed by atoms with Crippen molar-refractivity contribution in [1.29, 1.82) is 0 Å². The predicted octanol–water partition coefficient (Wildman–Crippen LogP) is 1.08. The SMILES string of the molecule is CCC(O)C1CC(NC)CN(C(C)C)C1. The maximum absolute atomic E-state index is 9.94. The molecule has 1 fully saturated rings. The smallest absolute Gasteiger partial charge is 0.0578 e. The Morgan fingerprint density at radius 1 is 1.40 bits per heavy atom. The molecule has 3 heteroatoms. The molecule has 1 saturated heterocycles. The summed E-state index contributed by atoms with van der Waals surface area (Å²) >= 11 is 0. The second-order valence-corrected chi connectivity index (χ2v) is 5.00. The number of aliphatic hydroxyl groups excluding tert-OH is 1. The summed E-state index contributed by atoms with van der Waals surface area (Å²) in [5.41, 5.74) is 0. The fourth-order valence-electron chi connectivity index (χ4n) is 2.42. The van der Waals surface area contributed by atoms with Gasteiger partial charge < -0.3 is 10.4 Å². The Bertz CT molecular complexity index is 184. The van der Waals surface area contributed by atoms with Crippen LogP contribution in [0.1, 0.15) is 33.6 Å². The van der Waals surface area contributed by atoms with Crippen LogP contribution in [0.5, 0.6) is 0 Å².